The first-order chi connectivity index (χ1) is 15.4. The Labute approximate surface area is 200 Å². The zero-order valence-electron chi connectivity index (χ0n) is 21.2. The predicted molar refractivity (Wildman–Crippen MR) is 145 cm³/mol. The van der Waals surface area contributed by atoms with Crippen molar-refractivity contribution in [3.05, 3.63) is 82.9 Å². The van der Waals surface area contributed by atoms with Crippen LogP contribution in [0.4, 0.5) is 0 Å². The quantitative estimate of drug-likeness (QED) is 0.193. The van der Waals surface area contributed by atoms with Gasteiger partial charge in [-0.2, -0.15) is 0 Å². The van der Waals surface area contributed by atoms with E-state index in [1.54, 1.807) is 5.56 Å². The predicted octanol–water partition coefficient (Wildman–Crippen LogP) is 9.77. The fraction of sp³-hybridized carbons (Fsp3) is 0.548. The van der Waals surface area contributed by atoms with Gasteiger partial charge < -0.3 is 0 Å². The van der Waals surface area contributed by atoms with E-state index < -0.39 is 0 Å². The van der Waals surface area contributed by atoms with E-state index in [2.05, 4.69) is 89.7 Å². The average molecular weight is 449 g/mol. The van der Waals surface area contributed by atoms with Gasteiger partial charge in [0.1, 0.15) is 0 Å². The largest absolute Gasteiger partial charge is 0.110 e. The van der Waals surface area contributed by atoms with Crippen molar-refractivity contribution in [2.24, 2.45) is 11.8 Å². The third-order valence-corrected chi connectivity index (χ3v) is 9.65. The number of hydrogen-bond acceptors (Lipinski definition) is 0. The number of allylic oxidation sites excluding steroid dienone is 1. The standard InChI is InChI=1S/C31H45P/c1-7-8-9-11-14-24(5)31(22(2)3)30-21-27(26-15-12-10-13-16-26)20-29(32-30)28-18-17-23(4)19-25(28)6/h10,12-13,15-19,24,27,29-32H,2,7-9,11,14,20-21H2,1,3-6H3. The second-order valence-corrected chi connectivity index (χ2v) is 12.2. The average Bonchev–Trinajstić information content (AvgIpc) is 2.77. The Morgan fingerprint density at radius 1 is 1.03 bits per heavy atom. The molecule has 0 nitrogen and oxygen atoms in total. The molecule has 1 saturated heterocycles. The Hall–Kier alpha value is -1.39. The lowest BCUT2D eigenvalue weighted by atomic mass is 9.77. The molecule has 0 saturated carbocycles. The molecule has 1 aliphatic heterocycles. The van der Waals surface area contributed by atoms with Crippen LogP contribution in [0.3, 0.4) is 0 Å². The molecule has 0 spiro atoms. The second kappa shape index (κ2) is 12.2. The summed E-state index contributed by atoms with van der Waals surface area (Å²) in [6, 6.07) is 18.4. The molecule has 174 valence electrons. The molecule has 0 bridgehead atoms. The monoisotopic (exact) mass is 448 g/mol. The van der Waals surface area contributed by atoms with E-state index in [0.29, 0.717) is 17.5 Å². The van der Waals surface area contributed by atoms with Gasteiger partial charge in [0.2, 0.25) is 0 Å². The summed E-state index contributed by atoms with van der Waals surface area (Å²) in [5.74, 6) is 2.04. The van der Waals surface area contributed by atoms with Gasteiger partial charge in [0.25, 0.3) is 0 Å². The van der Waals surface area contributed by atoms with Crippen molar-refractivity contribution in [2.45, 2.75) is 96.8 Å². The minimum absolute atomic E-state index is 0.648. The van der Waals surface area contributed by atoms with Crippen molar-refractivity contribution in [3.63, 3.8) is 0 Å². The highest BCUT2D eigenvalue weighted by atomic mass is 31.1. The molecule has 1 fully saturated rings. The lowest BCUT2D eigenvalue weighted by Crippen LogP contribution is -2.30. The lowest BCUT2D eigenvalue weighted by molar-refractivity contribution is 0.331. The van der Waals surface area contributed by atoms with Crippen LogP contribution in [0, 0.1) is 25.7 Å². The topological polar surface area (TPSA) is 0 Å². The molecule has 0 N–H and O–H groups in total. The molecule has 0 radical (unpaired) electrons. The molecule has 0 aliphatic carbocycles. The van der Waals surface area contributed by atoms with Gasteiger partial charge in [-0.1, -0.05) is 112 Å². The van der Waals surface area contributed by atoms with Crippen LogP contribution in [0.1, 0.15) is 99.5 Å². The summed E-state index contributed by atoms with van der Waals surface area (Å²) in [5, 5.41) is 0. The van der Waals surface area contributed by atoms with E-state index >= 15 is 0 Å². The van der Waals surface area contributed by atoms with Crippen molar-refractivity contribution < 1.29 is 0 Å². The smallest absolute Gasteiger partial charge is 0.00253 e. The van der Waals surface area contributed by atoms with Gasteiger partial charge in [-0.3, -0.25) is 0 Å². The highest BCUT2D eigenvalue weighted by Gasteiger charge is 2.37. The van der Waals surface area contributed by atoms with Gasteiger partial charge in [0.15, 0.2) is 0 Å². The minimum atomic E-state index is 0.648. The Balaban J connectivity index is 1.87. The van der Waals surface area contributed by atoms with E-state index in [9.17, 15) is 0 Å². The molecule has 1 aliphatic rings. The molecule has 2 aromatic rings. The second-order valence-electron chi connectivity index (χ2n) is 10.5. The summed E-state index contributed by atoms with van der Waals surface area (Å²) in [4.78, 5) is 0. The third-order valence-electron chi connectivity index (χ3n) is 7.67. The van der Waals surface area contributed by atoms with E-state index in [0.717, 1.165) is 20.2 Å². The summed E-state index contributed by atoms with van der Waals surface area (Å²) in [5.41, 5.74) is 8.82. The summed E-state index contributed by atoms with van der Waals surface area (Å²) in [6.07, 6.45) is 9.41. The fourth-order valence-corrected chi connectivity index (χ4v) is 8.74. The maximum Gasteiger partial charge on any atom is 0.00253 e. The molecular formula is C31H45P. The first-order valence-corrected chi connectivity index (χ1v) is 14.1. The fourth-order valence-electron chi connectivity index (χ4n) is 6.06. The van der Waals surface area contributed by atoms with E-state index in [-0.39, 0.29) is 0 Å². The number of unbranched alkanes of at least 4 members (excludes halogenated alkanes) is 3. The van der Waals surface area contributed by atoms with Gasteiger partial charge in [-0.25, -0.2) is 0 Å². The highest BCUT2D eigenvalue weighted by molar-refractivity contribution is 7.39. The van der Waals surface area contributed by atoms with E-state index in [1.165, 1.54) is 67.2 Å². The zero-order valence-corrected chi connectivity index (χ0v) is 22.2. The first-order valence-electron chi connectivity index (χ1n) is 12.9. The number of aryl methyl sites for hydroxylation is 2. The molecule has 3 rings (SSSR count). The summed E-state index contributed by atoms with van der Waals surface area (Å²) >= 11 is 0. The molecule has 0 amide bonds. The highest BCUT2D eigenvalue weighted by Crippen LogP contribution is 2.57. The number of hydrogen-bond donors (Lipinski definition) is 0. The Morgan fingerprint density at radius 2 is 1.78 bits per heavy atom. The van der Waals surface area contributed by atoms with Crippen molar-refractivity contribution in [1.29, 1.82) is 0 Å². The van der Waals surface area contributed by atoms with Gasteiger partial charge >= 0.3 is 0 Å². The zero-order chi connectivity index (χ0) is 23.1. The molecule has 6 unspecified atom stereocenters. The Bertz CT molecular complexity index is 852. The van der Waals surface area contributed by atoms with Crippen LogP contribution in [0.5, 0.6) is 0 Å². The third kappa shape index (κ3) is 6.57. The Morgan fingerprint density at radius 3 is 2.44 bits per heavy atom. The van der Waals surface area contributed by atoms with Gasteiger partial charge in [-0.15, -0.1) is 8.58 Å². The molecular weight excluding hydrogens is 403 g/mol. The summed E-state index contributed by atoms with van der Waals surface area (Å²) in [7, 11) is 0.996. The molecule has 0 aromatic heterocycles. The number of rotatable bonds is 10. The van der Waals surface area contributed by atoms with E-state index in [1.807, 2.05) is 0 Å². The van der Waals surface area contributed by atoms with Crippen molar-refractivity contribution >= 4 is 8.58 Å². The first kappa shape index (κ1) is 25.2. The lowest BCUT2D eigenvalue weighted by Gasteiger charge is -2.42. The Kier molecular flexibility index (Phi) is 9.61. The summed E-state index contributed by atoms with van der Waals surface area (Å²) in [6.45, 7) is 16.2. The van der Waals surface area contributed by atoms with Gasteiger partial charge in [0, 0.05) is 5.66 Å². The van der Waals surface area contributed by atoms with Crippen molar-refractivity contribution in [3.8, 4) is 0 Å². The van der Waals surface area contributed by atoms with Crippen LogP contribution in [0.2, 0.25) is 0 Å². The summed E-state index contributed by atoms with van der Waals surface area (Å²) < 4.78 is 0. The molecule has 1 heteroatoms. The molecule has 2 aromatic carbocycles. The van der Waals surface area contributed by atoms with E-state index in [4.69, 9.17) is 0 Å². The molecule has 32 heavy (non-hydrogen) atoms. The van der Waals surface area contributed by atoms with Crippen LogP contribution in [-0.2, 0) is 0 Å². The number of benzene rings is 2. The van der Waals surface area contributed by atoms with Crippen LogP contribution in [0.15, 0.2) is 60.7 Å². The van der Waals surface area contributed by atoms with Crippen LogP contribution in [-0.4, -0.2) is 5.66 Å². The van der Waals surface area contributed by atoms with Crippen LogP contribution < -0.4 is 0 Å². The maximum atomic E-state index is 4.53. The van der Waals surface area contributed by atoms with Gasteiger partial charge in [-0.05, 0) is 73.7 Å². The van der Waals surface area contributed by atoms with Crippen molar-refractivity contribution in [2.75, 3.05) is 0 Å². The van der Waals surface area contributed by atoms with Gasteiger partial charge in [0.05, 0.1) is 0 Å². The minimum Gasteiger partial charge on any atom is -0.110 e. The molecule has 1 heterocycles. The van der Waals surface area contributed by atoms with Crippen molar-refractivity contribution in [1.82, 2.24) is 0 Å². The van der Waals surface area contributed by atoms with Crippen LogP contribution in [0.25, 0.3) is 0 Å². The SMILES string of the molecule is C=C(C)C(C(C)CCCCCC)C1CC(c2ccccc2)CC(c2ccc(C)cc2C)P1. The van der Waals surface area contributed by atoms with Crippen LogP contribution >= 0.6 is 8.58 Å². The normalized spacial score (nSPS) is 23.7. The molecule has 6 atom stereocenters. The maximum absolute atomic E-state index is 4.53.